The number of carbonyl (C=O) groups is 1. The van der Waals surface area contributed by atoms with Crippen molar-refractivity contribution in [2.75, 3.05) is 32.8 Å². The molecule has 2 aliphatic rings. The summed E-state index contributed by atoms with van der Waals surface area (Å²) in [4.78, 5) is 14.9. The summed E-state index contributed by atoms with van der Waals surface area (Å²) in [7, 11) is 0. The first-order valence-corrected chi connectivity index (χ1v) is 21.5. The van der Waals surface area contributed by atoms with Crippen LogP contribution in [-0.2, 0) is 14.3 Å². The highest BCUT2D eigenvalue weighted by Gasteiger charge is 2.62. The number of fused-ring (bicyclic) bond motifs is 2. The molecule has 2 saturated carbocycles. The van der Waals surface area contributed by atoms with Gasteiger partial charge in [0.15, 0.2) is 0 Å². The van der Waals surface area contributed by atoms with E-state index in [1.54, 1.807) is 0 Å². The van der Waals surface area contributed by atoms with Crippen LogP contribution in [0.3, 0.4) is 0 Å². The summed E-state index contributed by atoms with van der Waals surface area (Å²) in [5.41, 5.74) is 0.704. The molecule has 1 N–H and O–H groups in total. The molecule has 2 bridgehead atoms. The first kappa shape index (κ1) is 44.1. The number of allylic oxidation sites excluding steroid dienone is 1. The second-order valence-electron chi connectivity index (χ2n) is 16.9. The number of aliphatic hydroxyl groups is 1. The molecule has 0 radical (unpaired) electrons. The van der Waals surface area contributed by atoms with Crippen LogP contribution in [0.1, 0.15) is 202 Å². The Bertz CT molecular complexity index is 848. The number of carbonyl (C=O) groups excluding carboxylic acids is 1. The highest BCUT2D eigenvalue weighted by Crippen LogP contribution is 2.66. The van der Waals surface area contributed by atoms with Crippen molar-refractivity contribution < 1.29 is 19.4 Å². The fourth-order valence-electron chi connectivity index (χ4n) is 8.88. The molecular formula is C44H83NO4. The van der Waals surface area contributed by atoms with Crippen LogP contribution in [0.2, 0.25) is 0 Å². The molecule has 2 aliphatic carbocycles. The zero-order chi connectivity index (χ0) is 35.8. The van der Waals surface area contributed by atoms with Crippen LogP contribution in [0.4, 0.5) is 0 Å². The number of aliphatic hydroxyl groups excluding tert-OH is 1. The van der Waals surface area contributed by atoms with E-state index in [0.717, 1.165) is 69.2 Å². The second kappa shape index (κ2) is 25.8. The quantitative estimate of drug-likeness (QED) is 0.0422. The molecule has 0 amide bonds. The minimum Gasteiger partial charge on any atom is -0.495 e. The summed E-state index contributed by atoms with van der Waals surface area (Å²) in [6.07, 6.45) is 31.2. The lowest BCUT2D eigenvalue weighted by Crippen LogP contribution is -2.36. The molecule has 0 aromatic heterocycles. The Kier molecular flexibility index (Phi) is 23.2. The minimum atomic E-state index is 0.00318. The van der Waals surface area contributed by atoms with Crippen molar-refractivity contribution in [3.63, 3.8) is 0 Å². The molecule has 5 heteroatoms. The molecule has 3 unspecified atom stereocenters. The predicted octanol–water partition coefficient (Wildman–Crippen LogP) is 12.2. The van der Waals surface area contributed by atoms with Gasteiger partial charge in [0.2, 0.25) is 0 Å². The third kappa shape index (κ3) is 16.9. The molecule has 49 heavy (non-hydrogen) atoms. The Hall–Kier alpha value is -1.07. The summed E-state index contributed by atoms with van der Waals surface area (Å²) in [5.74, 6) is 2.55. The number of hydrogen-bond acceptors (Lipinski definition) is 5. The maximum absolute atomic E-state index is 12.3. The number of rotatable bonds is 33. The van der Waals surface area contributed by atoms with Crippen molar-refractivity contribution >= 4 is 5.97 Å². The zero-order valence-corrected chi connectivity index (χ0v) is 33.5. The smallest absolute Gasteiger partial charge is 0.305 e. The fraction of sp³-hybridized carbons (Fsp3) is 0.932. The van der Waals surface area contributed by atoms with Gasteiger partial charge >= 0.3 is 5.97 Å². The van der Waals surface area contributed by atoms with E-state index in [0.29, 0.717) is 36.6 Å². The van der Waals surface area contributed by atoms with E-state index in [2.05, 4.69) is 46.1 Å². The maximum Gasteiger partial charge on any atom is 0.305 e. The molecule has 0 aromatic carbocycles. The van der Waals surface area contributed by atoms with Crippen molar-refractivity contribution in [2.24, 2.45) is 22.7 Å². The molecule has 0 aliphatic heterocycles. The van der Waals surface area contributed by atoms with Gasteiger partial charge in [0.1, 0.15) is 6.10 Å². The first-order chi connectivity index (χ1) is 23.7. The van der Waals surface area contributed by atoms with Crippen LogP contribution in [0.5, 0.6) is 0 Å². The normalized spacial score (nSPS) is 21.2. The summed E-state index contributed by atoms with van der Waals surface area (Å²) >= 11 is 0. The van der Waals surface area contributed by atoms with Crippen molar-refractivity contribution in [3.8, 4) is 0 Å². The highest BCUT2D eigenvalue weighted by molar-refractivity contribution is 5.69. The van der Waals surface area contributed by atoms with Crippen molar-refractivity contribution in [3.05, 3.63) is 12.3 Å². The van der Waals surface area contributed by atoms with Gasteiger partial charge in [0, 0.05) is 24.9 Å². The van der Waals surface area contributed by atoms with Crippen molar-refractivity contribution in [1.29, 1.82) is 0 Å². The Morgan fingerprint density at radius 3 is 1.84 bits per heavy atom. The number of ether oxygens (including phenoxy) is 2. The Labute approximate surface area is 305 Å². The van der Waals surface area contributed by atoms with Crippen LogP contribution < -0.4 is 0 Å². The monoisotopic (exact) mass is 690 g/mol. The van der Waals surface area contributed by atoms with E-state index in [1.807, 2.05) is 0 Å². The SMILES string of the molecule is C=C(CCCCCCCN(CCCCO)CCCCCCCC(=O)OCCC(CCCCC)CCCCC)OC1CC2CCC1(C)C2(C)C. The van der Waals surface area contributed by atoms with Crippen molar-refractivity contribution in [2.45, 2.75) is 208 Å². The standard InChI is InChI=1S/C44H83NO4/c1-7-9-17-26-39(27-18-10-8-2)30-36-48-42(47)28-20-14-12-16-22-33-45(34-23-24-35-46)32-21-15-11-13-19-25-38(3)49-41-37-40-29-31-44(41,6)43(40,4)5/h39-41,46H,3,7-37H2,1-2,4-6H3. The van der Waals surface area contributed by atoms with Crippen LogP contribution in [-0.4, -0.2) is 54.9 Å². The summed E-state index contributed by atoms with van der Waals surface area (Å²) < 4.78 is 12.1. The van der Waals surface area contributed by atoms with Gasteiger partial charge in [-0.3, -0.25) is 4.79 Å². The third-order valence-corrected chi connectivity index (χ3v) is 12.9. The molecular weight excluding hydrogens is 606 g/mol. The van der Waals surface area contributed by atoms with Gasteiger partial charge in [-0.05, 0) is 101 Å². The van der Waals surface area contributed by atoms with Crippen LogP contribution in [0, 0.1) is 22.7 Å². The first-order valence-electron chi connectivity index (χ1n) is 21.5. The van der Waals surface area contributed by atoms with Gasteiger partial charge in [0.25, 0.3) is 0 Å². The average Bonchev–Trinajstić information content (AvgIpc) is 3.41. The van der Waals surface area contributed by atoms with Gasteiger partial charge < -0.3 is 19.5 Å². The third-order valence-electron chi connectivity index (χ3n) is 12.9. The van der Waals surface area contributed by atoms with E-state index >= 15 is 0 Å². The number of unbranched alkanes of at least 4 members (excludes halogenated alkanes) is 13. The van der Waals surface area contributed by atoms with Crippen LogP contribution >= 0.6 is 0 Å². The number of nitrogens with zero attached hydrogens (tertiary/aromatic N) is 1. The van der Waals surface area contributed by atoms with Gasteiger partial charge in [-0.15, -0.1) is 0 Å². The molecule has 2 rings (SSSR count). The minimum absolute atomic E-state index is 0.00318. The molecule has 0 saturated heterocycles. The Morgan fingerprint density at radius 1 is 0.755 bits per heavy atom. The Balaban J connectivity index is 1.49. The molecule has 0 aromatic rings. The summed E-state index contributed by atoms with van der Waals surface area (Å²) in [6.45, 7) is 20.5. The lowest BCUT2D eigenvalue weighted by Gasteiger charge is -2.39. The van der Waals surface area contributed by atoms with E-state index < -0.39 is 0 Å². The molecule has 0 spiro atoms. The summed E-state index contributed by atoms with van der Waals surface area (Å²) in [6, 6.07) is 0. The van der Waals surface area contributed by atoms with E-state index in [1.165, 1.54) is 129 Å². The Morgan fingerprint density at radius 2 is 1.31 bits per heavy atom. The van der Waals surface area contributed by atoms with Crippen LogP contribution in [0.15, 0.2) is 12.3 Å². The van der Waals surface area contributed by atoms with Crippen molar-refractivity contribution in [1.82, 2.24) is 4.90 Å². The molecule has 3 atom stereocenters. The lowest BCUT2D eigenvalue weighted by atomic mass is 9.70. The lowest BCUT2D eigenvalue weighted by molar-refractivity contribution is -0.144. The molecule has 5 nitrogen and oxygen atoms in total. The largest absolute Gasteiger partial charge is 0.495 e. The predicted molar refractivity (Wildman–Crippen MR) is 209 cm³/mol. The van der Waals surface area contributed by atoms with Crippen LogP contribution in [0.25, 0.3) is 0 Å². The number of hydrogen-bond donors (Lipinski definition) is 1. The molecule has 288 valence electrons. The van der Waals surface area contributed by atoms with Gasteiger partial charge in [-0.1, -0.05) is 131 Å². The molecule has 0 heterocycles. The van der Waals surface area contributed by atoms with E-state index in [4.69, 9.17) is 9.47 Å². The summed E-state index contributed by atoms with van der Waals surface area (Å²) in [5, 5.41) is 9.28. The van der Waals surface area contributed by atoms with Gasteiger partial charge in [0.05, 0.1) is 12.4 Å². The number of esters is 1. The van der Waals surface area contributed by atoms with Gasteiger partial charge in [-0.2, -0.15) is 0 Å². The molecule has 2 fully saturated rings. The highest BCUT2D eigenvalue weighted by atomic mass is 16.5. The van der Waals surface area contributed by atoms with E-state index in [9.17, 15) is 9.90 Å². The zero-order valence-electron chi connectivity index (χ0n) is 33.5. The maximum atomic E-state index is 12.3. The average molecular weight is 690 g/mol. The topological polar surface area (TPSA) is 59.0 Å². The van der Waals surface area contributed by atoms with Gasteiger partial charge in [-0.25, -0.2) is 0 Å². The fourth-order valence-corrected chi connectivity index (χ4v) is 8.88. The second-order valence-corrected chi connectivity index (χ2v) is 16.9. The van der Waals surface area contributed by atoms with E-state index in [-0.39, 0.29) is 5.97 Å².